The second kappa shape index (κ2) is 6.30. The van der Waals surface area contributed by atoms with Crippen molar-refractivity contribution in [3.63, 3.8) is 0 Å². The lowest BCUT2D eigenvalue weighted by molar-refractivity contribution is 0.456. The van der Waals surface area contributed by atoms with Crippen molar-refractivity contribution in [3.05, 3.63) is 45.5 Å². The molecular formula is C13H11BrClFN2O. The summed E-state index contributed by atoms with van der Waals surface area (Å²) in [6, 6.07) is 5.58. The monoisotopic (exact) mass is 344 g/mol. The molecule has 3 nitrogen and oxygen atoms in total. The van der Waals surface area contributed by atoms with Crippen LogP contribution in [-0.4, -0.2) is 9.97 Å². The average molecular weight is 346 g/mol. The normalized spacial score (nSPS) is 10.5. The first-order chi connectivity index (χ1) is 9.08. The van der Waals surface area contributed by atoms with Gasteiger partial charge >= 0.3 is 0 Å². The van der Waals surface area contributed by atoms with E-state index in [9.17, 15) is 4.39 Å². The van der Waals surface area contributed by atoms with Gasteiger partial charge in [0.05, 0.1) is 5.02 Å². The van der Waals surface area contributed by atoms with Crippen LogP contribution in [-0.2, 0) is 6.42 Å². The van der Waals surface area contributed by atoms with Crippen molar-refractivity contribution in [2.75, 3.05) is 0 Å². The van der Waals surface area contributed by atoms with Gasteiger partial charge in [0.15, 0.2) is 0 Å². The number of rotatable bonds is 4. The first kappa shape index (κ1) is 14.2. The number of nitrogens with zero attached hydrogens (tertiary/aromatic N) is 2. The quantitative estimate of drug-likeness (QED) is 0.748. The molecule has 0 saturated heterocycles. The van der Waals surface area contributed by atoms with E-state index in [1.165, 1.54) is 18.2 Å². The molecule has 0 aliphatic carbocycles. The van der Waals surface area contributed by atoms with E-state index >= 15 is 0 Å². The molecule has 0 N–H and O–H groups in total. The van der Waals surface area contributed by atoms with E-state index in [-0.39, 0.29) is 5.02 Å². The molecule has 0 bridgehead atoms. The summed E-state index contributed by atoms with van der Waals surface area (Å²) >= 11 is 9.20. The van der Waals surface area contributed by atoms with Gasteiger partial charge in [-0.15, -0.1) is 0 Å². The van der Waals surface area contributed by atoms with E-state index in [2.05, 4.69) is 25.9 Å². The average Bonchev–Trinajstić information content (AvgIpc) is 2.32. The highest BCUT2D eigenvalue weighted by Crippen LogP contribution is 2.29. The van der Waals surface area contributed by atoms with Gasteiger partial charge in [-0.05, 0) is 40.5 Å². The fourth-order valence-corrected chi connectivity index (χ4v) is 2.11. The Hall–Kier alpha value is -1.20. The smallest absolute Gasteiger partial charge is 0.223 e. The molecule has 0 spiro atoms. The molecule has 100 valence electrons. The summed E-state index contributed by atoms with van der Waals surface area (Å²) in [4.78, 5) is 8.50. The maximum atomic E-state index is 12.9. The summed E-state index contributed by atoms with van der Waals surface area (Å²) in [5.41, 5.74) is 0. The lowest BCUT2D eigenvalue weighted by atomic mass is 10.3. The summed E-state index contributed by atoms with van der Waals surface area (Å²) in [7, 11) is 0. The highest BCUT2D eigenvalue weighted by Gasteiger charge is 2.08. The molecule has 2 aromatic rings. The number of aromatic nitrogens is 2. The van der Waals surface area contributed by atoms with Crippen LogP contribution in [0.1, 0.15) is 19.2 Å². The largest absolute Gasteiger partial charge is 0.437 e. The number of hydrogen-bond acceptors (Lipinski definition) is 3. The zero-order chi connectivity index (χ0) is 13.8. The number of hydrogen-bond donors (Lipinski definition) is 0. The molecule has 2 rings (SSSR count). The van der Waals surface area contributed by atoms with Crippen LogP contribution < -0.4 is 4.74 Å². The lowest BCUT2D eigenvalue weighted by Crippen LogP contribution is -1.98. The summed E-state index contributed by atoms with van der Waals surface area (Å²) in [5, 5.41) is 0.201. The molecular weight excluding hydrogens is 335 g/mol. The van der Waals surface area contributed by atoms with Crippen LogP contribution in [0.4, 0.5) is 4.39 Å². The molecule has 0 radical (unpaired) electrons. The van der Waals surface area contributed by atoms with Crippen molar-refractivity contribution < 1.29 is 9.13 Å². The van der Waals surface area contributed by atoms with Crippen LogP contribution in [0.15, 0.2) is 28.9 Å². The molecule has 0 unspecified atom stereocenters. The molecule has 19 heavy (non-hydrogen) atoms. The first-order valence-corrected chi connectivity index (χ1v) is 6.92. The van der Waals surface area contributed by atoms with Crippen molar-refractivity contribution in [2.24, 2.45) is 0 Å². The Morgan fingerprint density at radius 3 is 2.79 bits per heavy atom. The summed E-state index contributed by atoms with van der Waals surface area (Å²) in [6.07, 6.45) is 1.69. The van der Waals surface area contributed by atoms with Crippen LogP contribution in [0.25, 0.3) is 0 Å². The Bertz CT molecular complexity index is 595. The molecule has 0 saturated carbocycles. The minimum atomic E-state index is -0.409. The van der Waals surface area contributed by atoms with Gasteiger partial charge in [0, 0.05) is 12.5 Å². The van der Waals surface area contributed by atoms with Gasteiger partial charge in [-0.3, -0.25) is 0 Å². The minimum Gasteiger partial charge on any atom is -0.437 e. The molecule has 0 aliphatic rings. The molecule has 0 atom stereocenters. The predicted molar refractivity (Wildman–Crippen MR) is 75.2 cm³/mol. The molecule has 0 amide bonds. The maximum absolute atomic E-state index is 12.9. The third-order valence-electron chi connectivity index (χ3n) is 2.30. The number of aryl methyl sites for hydroxylation is 1. The van der Waals surface area contributed by atoms with Crippen molar-refractivity contribution in [1.82, 2.24) is 9.97 Å². The van der Waals surface area contributed by atoms with Crippen molar-refractivity contribution in [2.45, 2.75) is 19.8 Å². The van der Waals surface area contributed by atoms with Crippen LogP contribution >= 0.6 is 27.5 Å². The fraction of sp³-hybridized carbons (Fsp3) is 0.231. The van der Waals surface area contributed by atoms with E-state index < -0.39 is 5.82 Å². The van der Waals surface area contributed by atoms with Crippen LogP contribution in [0, 0.1) is 5.82 Å². The molecule has 1 aromatic carbocycles. The predicted octanol–water partition coefficient (Wildman–Crippen LogP) is 4.78. The summed E-state index contributed by atoms with van der Waals surface area (Å²) < 4.78 is 19.1. The van der Waals surface area contributed by atoms with Gasteiger partial charge in [0.1, 0.15) is 22.0 Å². The van der Waals surface area contributed by atoms with Gasteiger partial charge in [0.2, 0.25) is 5.88 Å². The third-order valence-corrected chi connectivity index (χ3v) is 3.00. The van der Waals surface area contributed by atoms with Gasteiger partial charge in [-0.2, -0.15) is 4.98 Å². The standard InChI is InChI=1S/C13H11BrClFN2O/c1-2-3-12-17-11(14)7-13(18-12)19-10-5-4-8(16)6-9(10)15/h4-7H,2-3H2,1H3. The fourth-order valence-electron chi connectivity index (χ4n) is 1.50. The van der Waals surface area contributed by atoms with E-state index in [0.29, 0.717) is 22.1 Å². The van der Waals surface area contributed by atoms with Crippen molar-refractivity contribution >= 4 is 27.5 Å². The number of ether oxygens (including phenoxy) is 1. The van der Waals surface area contributed by atoms with E-state index in [4.69, 9.17) is 16.3 Å². The number of benzene rings is 1. The first-order valence-electron chi connectivity index (χ1n) is 5.75. The SMILES string of the molecule is CCCc1nc(Br)cc(Oc2ccc(F)cc2Cl)n1. The lowest BCUT2D eigenvalue weighted by Gasteiger charge is -2.08. The molecule has 0 fully saturated rings. The van der Waals surface area contributed by atoms with Crippen molar-refractivity contribution in [3.8, 4) is 11.6 Å². The maximum Gasteiger partial charge on any atom is 0.223 e. The Labute approximate surface area is 123 Å². The third kappa shape index (κ3) is 3.88. The minimum absolute atomic E-state index is 0.201. The van der Waals surface area contributed by atoms with Gasteiger partial charge < -0.3 is 4.74 Å². The summed E-state index contributed by atoms with van der Waals surface area (Å²) in [5.74, 6) is 1.01. The number of halogens is 3. The van der Waals surface area contributed by atoms with Gasteiger partial charge in [0.25, 0.3) is 0 Å². The molecule has 1 aromatic heterocycles. The van der Waals surface area contributed by atoms with Crippen LogP contribution in [0.2, 0.25) is 5.02 Å². The van der Waals surface area contributed by atoms with E-state index in [1.54, 1.807) is 6.07 Å². The van der Waals surface area contributed by atoms with E-state index in [0.717, 1.165) is 12.8 Å². The summed E-state index contributed by atoms with van der Waals surface area (Å²) in [6.45, 7) is 2.04. The second-order valence-electron chi connectivity index (χ2n) is 3.87. The van der Waals surface area contributed by atoms with Crippen molar-refractivity contribution in [1.29, 1.82) is 0 Å². The molecule has 0 aliphatic heterocycles. The molecule has 1 heterocycles. The van der Waals surface area contributed by atoms with Gasteiger partial charge in [-0.1, -0.05) is 18.5 Å². The van der Waals surface area contributed by atoms with E-state index in [1.807, 2.05) is 6.92 Å². The second-order valence-corrected chi connectivity index (χ2v) is 5.09. The Kier molecular flexibility index (Phi) is 4.71. The highest BCUT2D eigenvalue weighted by molar-refractivity contribution is 9.10. The Morgan fingerprint density at radius 2 is 2.11 bits per heavy atom. The Morgan fingerprint density at radius 1 is 1.32 bits per heavy atom. The van der Waals surface area contributed by atoms with Crippen LogP contribution in [0.3, 0.4) is 0 Å². The van der Waals surface area contributed by atoms with Crippen LogP contribution in [0.5, 0.6) is 11.6 Å². The highest BCUT2D eigenvalue weighted by atomic mass is 79.9. The zero-order valence-corrected chi connectivity index (χ0v) is 12.5. The topological polar surface area (TPSA) is 35.0 Å². The Balaban J connectivity index is 2.27. The van der Waals surface area contributed by atoms with Gasteiger partial charge in [-0.25, -0.2) is 9.37 Å². The zero-order valence-electron chi connectivity index (χ0n) is 10.2. The molecule has 6 heteroatoms.